The molecule has 1 unspecified atom stereocenters. The molecule has 1 atom stereocenters. The van der Waals surface area contributed by atoms with Gasteiger partial charge in [0, 0.05) is 6.42 Å². The fourth-order valence-electron chi connectivity index (χ4n) is 1.86. The number of carbonyl (C=O) groups is 3. The summed E-state index contributed by atoms with van der Waals surface area (Å²) in [5.74, 6) is -1.70. The van der Waals surface area contributed by atoms with E-state index in [1.807, 2.05) is 6.92 Å². The molecule has 0 saturated carbocycles. The lowest BCUT2D eigenvalue weighted by Gasteiger charge is -2.16. The molecule has 23 heavy (non-hydrogen) atoms. The van der Waals surface area contributed by atoms with Crippen molar-refractivity contribution in [1.29, 1.82) is 0 Å². The van der Waals surface area contributed by atoms with Crippen LogP contribution in [0.1, 0.15) is 31.4 Å². The molecule has 1 rings (SSSR count). The van der Waals surface area contributed by atoms with Crippen LogP contribution in [-0.4, -0.2) is 36.5 Å². The Hall–Kier alpha value is -2.28. The number of aliphatic carboxylic acids is 1. The van der Waals surface area contributed by atoms with Crippen molar-refractivity contribution in [2.24, 2.45) is 0 Å². The quantitative estimate of drug-likeness (QED) is 0.664. The summed E-state index contributed by atoms with van der Waals surface area (Å²) in [6.45, 7) is 1.56. The van der Waals surface area contributed by atoms with Crippen LogP contribution in [0.4, 0.5) is 0 Å². The Morgan fingerprint density at radius 1 is 1.30 bits per heavy atom. The van der Waals surface area contributed by atoms with Gasteiger partial charge in [-0.3, -0.25) is 9.59 Å². The first kappa shape index (κ1) is 18.8. The van der Waals surface area contributed by atoms with Gasteiger partial charge in [0.2, 0.25) is 11.8 Å². The van der Waals surface area contributed by atoms with E-state index in [0.717, 1.165) is 0 Å². The first-order chi connectivity index (χ1) is 10.9. The average molecular weight is 343 g/mol. The molecule has 8 heteroatoms. The van der Waals surface area contributed by atoms with Crippen molar-refractivity contribution in [3.05, 3.63) is 28.8 Å². The molecule has 0 radical (unpaired) electrons. The number of rotatable bonds is 8. The molecule has 1 aromatic carbocycles. The van der Waals surface area contributed by atoms with Crippen LogP contribution in [0, 0.1) is 0 Å². The fraction of sp³-hybridized carbons (Fsp3) is 0.400. The standard InChI is InChI=1S/C15H19ClN2O5/c1-3-4-12(19)17-8-13(20)18-14(15(21)22)9-5-6-11(23-2)10(16)7-9/h5-7,14H,3-4,8H2,1-2H3,(H,17,19)(H,18,20)(H,21,22). The summed E-state index contributed by atoms with van der Waals surface area (Å²) in [7, 11) is 1.44. The van der Waals surface area contributed by atoms with Crippen molar-refractivity contribution in [3.63, 3.8) is 0 Å². The van der Waals surface area contributed by atoms with Crippen molar-refractivity contribution < 1.29 is 24.2 Å². The fourth-order valence-corrected chi connectivity index (χ4v) is 2.12. The van der Waals surface area contributed by atoms with Gasteiger partial charge >= 0.3 is 5.97 Å². The average Bonchev–Trinajstić information content (AvgIpc) is 2.50. The monoisotopic (exact) mass is 342 g/mol. The van der Waals surface area contributed by atoms with E-state index in [1.54, 1.807) is 0 Å². The second-order valence-corrected chi connectivity index (χ2v) is 5.17. The maximum atomic E-state index is 11.8. The van der Waals surface area contributed by atoms with Crippen LogP contribution in [0.5, 0.6) is 5.75 Å². The number of amides is 2. The number of hydrogen-bond acceptors (Lipinski definition) is 4. The van der Waals surface area contributed by atoms with Crippen LogP contribution in [-0.2, 0) is 14.4 Å². The highest BCUT2D eigenvalue weighted by Crippen LogP contribution is 2.27. The molecule has 0 spiro atoms. The van der Waals surface area contributed by atoms with E-state index in [0.29, 0.717) is 24.2 Å². The molecule has 0 aromatic heterocycles. The van der Waals surface area contributed by atoms with Crippen LogP contribution in [0.15, 0.2) is 18.2 Å². The largest absolute Gasteiger partial charge is 0.495 e. The molecule has 7 nitrogen and oxygen atoms in total. The zero-order valence-electron chi connectivity index (χ0n) is 12.9. The molecule has 0 aliphatic rings. The van der Waals surface area contributed by atoms with Crippen molar-refractivity contribution in [2.45, 2.75) is 25.8 Å². The summed E-state index contributed by atoms with van der Waals surface area (Å²) in [5, 5.41) is 14.3. The Balaban J connectivity index is 2.76. The molecule has 0 aliphatic heterocycles. The van der Waals surface area contributed by atoms with Gasteiger partial charge in [-0.15, -0.1) is 0 Å². The van der Waals surface area contributed by atoms with Gasteiger partial charge in [-0.1, -0.05) is 24.6 Å². The molecule has 3 N–H and O–H groups in total. The zero-order chi connectivity index (χ0) is 17.4. The normalized spacial score (nSPS) is 11.4. The van der Waals surface area contributed by atoms with Crippen LogP contribution >= 0.6 is 11.6 Å². The molecule has 0 aliphatic carbocycles. The second-order valence-electron chi connectivity index (χ2n) is 4.76. The summed E-state index contributed by atoms with van der Waals surface area (Å²) in [5.41, 5.74) is 0.302. The highest BCUT2D eigenvalue weighted by atomic mass is 35.5. The molecule has 126 valence electrons. The lowest BCUT2D eigenvalue weighted by Crippen LogP contribution is -2.40. The Morgan fingerprint density at radius 2 is 2.00 bits per heavy atom. The van der Waals surface area contributed by atoms with Crippen molar-refractivity contribution in [1.82, 2.24) is 10.6 Å². The molecule has 0 saturated heterocycles. The Kier molecular flexibility index (Phi) is 7.34. The Bertz CT molecular complexity index is 591. The summed E-state index contributed by atoms with van der Waals surface area (Å²) in [4.78, 5) is 34.5. The third-order valence-electron chi connectivity index (χ3n) is 2.98. The summed E-state index contributed by atoms with van der Waals surface area (Å²) in [6, 6.07) is 3.16. The number of benzene rings is 1. The second kappa shape index (κ2) is 8.99. The SMILES string of the molecule is CCCC(=O)NCC(=O)NC(C(=O)O)c1ccc(OC)c(Cl)c1. The Morgan fingerprint density at radius 3 is 2.52 bits per heavy atom. The van der Waals surface area contributed by atoms with Crippen LogP contribution in [0.25, 0.3) is 0 Å². The lowest BCUT2D eigenvalue weighted by atomic mass is 10.1. The summed E-state index contributed by atoms with van der Waals surface area (Å²) in [6.07, 6.45) is 0.972. The summed E-state index contributed by atoms with van der Waals surface area (Å²) < 4.78 is 4.99. The van der Waals surface area contributed by atoms with Crippen molar-refractivity contribution in [3.8, 4) is 5.75 Å². The smallest absolute Gasteiger partial charge is 0.330 e. The van der Waals surface area contributed by atoms with Gasteiger partial charge in [-0.2, -0.15) is 0 Å². The van der Waals surface area contributed by atoms with E-state index in [4.69, 9.17) is 16.3 Å². The number of carboxylic acids is 1. The number of methoxy groups -OCH3 is 1. The number of halogens is 1. The van der Waals surface area contributed by atoms with Crippen LogP contribution in [0.3, 0.4) is 0 Å². The first-order valence-electron chi connectivity index (χ1n) is 7.01. The number of carboxylic acid groups (broad SMARTS) is 1. The van der Waals surface area contributed by atoms with E-state index in [9.17, 15) is 19.5 Å². The van der Waals surface area contributed by atoms with Crippen molar-refractivity contribution >= 4 is 29.4 Å². The predicted molar refractivity (Wildman–Crippen MR) is 84.4 cm³/mol. The van der Waals surface area contributed by atoms with E-state index in [1.165, 1.54) is 25.3 Å². The van der Waals surface area contributed by atoms with Crippen molar-refractivity contribution in [2.75, 3.05) is 13.7 Å². The van der Waals surface area contributed by atoms with Gasteiger partial charge in [-0.25, -0.2) is 4.79 Å². The number of nitrogens with one attached hydrogen (secondary N) is 2. The minimum Gasteiger partial charge on any atom is -0.495 e. The third-order valence-corrected chi connectivity index (χ3v) is 3.28. The molecule has 0 bridgehead atoms. The van der Waals surface area contributed by atoms with Gasteiger partial charge in [0.15, 0.2) is 6.04 Å². The van der Waals surface area contributed by atoms with Gasteiger partial charge < -0.3 is 20.5 Å². The topological polar surface area (TPSA) is 105 Å². The predicted octanol–water partition coefficient (Wildman–Crippen LogP) is 1.51. The van der Waals surface area contributed by atoms with Crippen LogP contribution < -0.4 is 15.4 Å². The third kappa shape index (κ3) is 5.78. The Labute approximate surface area is 139 Å². The lowest BCUT2D eigenvalue weighted by molar-refractivity contribution is -0.141. The zero-order valence-corrected chi connectivity index (χ0v) is 13.6. The molecule has 1 aromatic rings. The van der Waals surface area contributed by atoms with Gasteiger partial charge in [0.1, 0.15) is 5.75 Å². The molecule has 2 amide bonds. The maximum absolute atomic E-state index is 11.8. The molecule has 0 heterocycles. The molecular weight excluding hydrogens is 324 g/mol. The van der Waals surface area contributed by atoms with E-state index >= 15 is 0 Å². The maximum Gasteiger partial charge on any atom is 0.330 e. The van der Waals surface area contributed by atoms with Gasteiger partial charge in [-0.05, 0) is 24.1 Å². The number of ether oxygens (including phenoxy) is 1. The van der Waals surface area contributed by atoms with E-state index in [2.05, 4.69) is 10.6 Å². The highest BCUT2D eigenvalue weighted by Gasteiger charge is 2.23. The minimum absolute atomic E-state index is 0.238. The van der Waals surface area contributed by atoms with Gasteiger partial charge in [0.05, 0.1) is 18.7 Å². The number of hydrogen-bond donors (Lipinski definition) is 3. The highest BCUT2D eigenvalue weighted by molar-refractivity contribution is 6.32. The summed E-state index contributed by atoms with van der Waals surface area (Å²) >= 11 is 5.96. The van der Waals surface area contributed by atoms with E-state index in [-0.39, 0.29) is 17.5 Å². The van der Waals surface area contributed by atoms with Gasteiger partial charge in [0.25, 0.3) is 0 Å². The van der Waals surface area contributed by atoms with E-state index < -0.39 is 17.9 Å². The number of carbonyl (C=O) groups excluding carboxylic acids is 2. The minimum atomic E-state index is -1.27. The first-order valence-corrected chi connectivity index (χ1v) is 7.39. The molecular formula is C15H19ClN2O5. The molecule has 0 fully saturated rings. The van der Waals surface area contributed by atoms with Crippen LogP contribution in [0.2, 0.25) is 5.02 Å².